The Balaban J connectivity index is 1.56. The van der Waals surface area contributed by atoms with Gasteiger partial charge in [0.05, 0.1) is 0 Å². The van der Waals surface area contributed by atoms with Gasteiger partial charge in [-0.05, 0) is 82.6 Å². The number of fused-ring (bicyclic) bond motifs is 2. The monoisotopic (exact) mass is 460 g/mol. The van der Waals surface area contributed by atoms with Gasteiger partial charge < -0.3 is 0 Å². The molecule has 1 saturated carbocycles. The van der Waals surface area contributed by atoms with E-state index in [0.717, 1.165) is 12.8 Å². The highest BCUT2D eigenvalue weighted by atomic mass is 14.4. The zero-order chi connectivity index (χ0) is 24.9. The van der Waals surface area contributed by atoms with Crippen molar-refractivity contribution in [3.8, 4) is 0 Å². The lowest BCUT2D eigenvalue weighted by Crippen LogP contribution is -2.21. The molecule has 4 atom stereocenters. The van der Waals surface area contributed by atoms with Gasteiger partial charge in [0.2, 0.25) is 0 Å². The third-order valence-electron chi connectivity index (χ3n) is 8.77. The number of hydrogen-bond acceptors (Lipinski definition) is 0. The van der Waals surface area contributed by atoms with Crippen molar-refractivity contribution in [3.63, 3.8) is 0 Å². The fraction of sp³-hybridized carbons (Fsp3) is 0.371. The lowest BCUT2D eigenvalue weighted by molar-refractivity contribution is 0.567. The molecule has 0 bridgehead atoms. The molecular formula is C35H40. The first kappa shape index (κ1) is 23.9. The summed E-state index contributed by atoms with van der Waals surface area (Å²) in [6.07, 6.45) is 8.21. The molecule has 180 valence electrons. The van der Waals surface area contributed by atoms with Gasteiger partial charge in [0, 0.05) is 17.8 Å². The number of hydrogen-bond donors (Lipinski definition) is 0. The summed E-state index contributed by atoms with van der Waals surface area (Å²) in [6.45, 7) is 20.7. The van der Waals surface area contributed by atoms with Crippen molar-refractivity contribution in [2.24, 2.45) is 11.8 Å². The standard InChI is InChI=1S/C35H40/c1-8-22(4)33-24(6)18-30-19-29(20-32-23(5)17-28-11-9-10-12-31(28)32)25(7)34(30)35(33)27-15-13-26(14-16-27)21(2)3/h9-16,18,20-21,23,32,34-35H,4,7-8,17,19H2,1-3,5-6H3/b29-20+. The molecule has 0 heteroatoms. The van der Waals surface area contributed by atoms with Crippen LogP contribution in [0.4, 0.5) is 0 Å². The highest BCUT2D eigenvalue weighted by molar-refractivity contribution is 5.61. The summed E-state index contributed by atoms with van der Waals surface area (Å²) in [4.78, 5) is 0. The minimum absolute atomic E-state index is 0.301. The highest BCUT2D eigenvalue weighted by Gasteiger charge is 2.41. The van der Waals surface area contributed by atoms with Crippen molar-refractivity contribution in [3.05, 3.63) is 130 Å². The summed E-state index contributed by atoms with van der Waals surface area (Å²) >= 11 is 0. The van der Waals surface area contributed by atoms with E-state index in [0.29, 0.717) is 29.6 Å². The Morgan fingerprint density at radius 1 is 1.06 bits per heavy atom. The van der Waals surface area contributed by atoms with Gasteiger partial charge in [0.15, 0.2) is 0 Å². The molecule has 0 heterocycles. The Morgan fingerprint density at radius 3 is 2.46 bits per heavy atom. The number of benzene rings is 2. The SMILES string of the molecule is C=C(CC)C1=C(C)C=C2C/C(=C\C3c4ccccc4CC3C)C(=C)C2C1c1ccc(C(C)C)cc1. The van der Waals surface area contributed by atoms with Crippen LogP contribution in [0.5, 0.6) is 0 Å². The van der Waals surface area contributed by atoms with Gasteiger partial charge in [-0.15, -0.1) is 0 Å². The molecule has 2 aromatic rings. The van der Waals surface area contributed by atoms with E-state index in [9.17, 15) is 0 Å². The third-order valence-corrected chi connectivity index (χ3v) is 8.77. The van der Waals surface area contributed by atoms with Crippen LogP contribution in [0.25, 0.3) is 0 Å². The summed E-state index contributed by atoms with van der Waals surface area (Å²) in [5, 5.41) is 0. The lowest BCUT2D eigenvalue weighted by atomic mass is 9.69. The first-order valence-electron chi connectivity index (χ1n) is 13.5. The molecule has 0 spiro atoms. The normalized spacial score (nSPS) is 26.9. The van der Waals surface area contributed by atoms with E-state index < -0.39 is 0 Å². The summed E-state index contributed by atoms with van der Waals surface area (Å²) in [7, 11) is 0. The van der Waals surface area contributed by atoms with E-state index in [1.54, 1.807) is 0 Å². The minimum atomic E-state index is 0.301. The van der Waals surface area contributed by atoms with Crippen molar-refractivity contribution >= 4 is 0 Å². The van der Waals surface area contributed by atoms with Crippen LogP contribution in [0.2, 0.25) is 0 Å². The molecule has 2 aromatic carbocycles. The van der Waals surface area contributed by atoms with Crippen LogP contribution in [0.1, 0.15) is 87.5 Å². The van der Waals surface area contributed by atoms with Crippen LogP contribution < -0.4 is 0 Å². The second-order valence-electron chi connectivity index (χ2n) is 11.3. The maximum absolute atomic E-state index is 4.75. The Kier molecular flexibility index (Phi) is 6.34. The Bertz CT molecular complexity index is 1260. The van der Waals surface area contributed by atoms with Crippen LogP contribution in [0.15, 0.2) is 107 Å². The quantitative estimate of drug-likeness (QED) is 0.416. The molecule has 35 heavy (non-hydrogen) atoms. The van der Waals surface area contributed by atoms with Crippen molar-refractivity contribution in [1.82, 2.24) is 0 Å². The van der Waals surface area contributed by atoms with Crippen LogP contribution in [0.3, 0.4) is 0 Å². The molecular weight excluding hydrogens is 420 g/mol. The van der Waals surface area contributed by atoms with E-state index >= 15 is 0 Å². The molecule has 3 aliphatic carbocycles. The second-order valence-corrected chi connectivity index (χ2v) is 11.3. The van der Waals surface area contributed by atoms with Crippen LogP contribution in [0, 0.1) is 11.8 Å². The van der Waals surface area contributed by atoms with Gasteiger partial charge in [0.1, 0.15) is 0 Å². The number of rotatable bonds is 5. The summed E-state index contributed by atoms with van der Waals surface area (Å²) < 4.78 is 0. The average Bonchev–Trinajstić information content (AvgIpc) is 3.33. The van der Waals surface area contributed by atoms with Crippen LogP contribution in [-0.2, 0) is 6.42 Å². The Labute approximate surface area is 212 Å². The summed E-state index contributed by atoms with van der Waals surface area (Å²) in [5.74, 6) is 2.30. The fourth-order valence-corrected chi connectivity index (χ4v) is 6.79. The third kappa shape index (κ3) is 4.12. The zero-order valence-corrected chi connectivity index (χ0v) is 22.2. The topological polar surface area (TPSA) is 0 Å². The van der Waals surface area contributed by atoms with Gasteiger partial charge in [0.25, 0.3) is 0 Å². The van der Waals surface area contributed by atoms with Crippen LogP contribution >= 0.6 is 0 Å². The molecule has 0 aromatic heterocycles. The lowest BCUT2D eigenvalue weighted by Gasteiger charge is -2.34. The molecule has 0 saturated heterocycles. The number of allylic oxidation sites excluding steroid dienone is 8. The van der Waals surface area contributed by atoms with Crippen LogP contribution in [-0.4, -0.2) is 0 Å². The maximum Gasteiger partial charge on any atom is 0.0201 e. The smallest absolute Gasteiger partial charge is 0.0201 e. The molecule has 4 unspecified atom stereocenters. The Hall–Kier alpha value is -2.86. The second kappa shape index (κ2) is 9.30. The predicted octanol–water partition coefficient (Wildman–Crippen LogP) is 9.59. The molecule has 1 fully saturated rings. The van der Waals surface area contributed by atoms with Crippen molar-refractivity contribution in [2.75, 3.05) is 0 Å². The van der Waals surface area contributed by atoms with E-state index in [1.807, 2.05) is 0 Å². The Morgan fingerprint density at radius 2 is 1.77 bits per heavy atom. The van der Waals surface area contributed by atoms with Gasteiger partial charge in [-0.3, -0.25) is 0 Å². The molecule has 0 radical (unpaired) electrons. The van der Waals surface area contributed by atoms with Gasteiger partial charge in [-0.1, -0.05) is 113 Å². The van der Waals surface area contributed by atoms with E-state index in [4.69, 9.17) is 6.58 Å². The van der Waals surface area contributed by atoms with Crippen molar-refractivity contribution in [1.29, 1.82) is 0 Å². The van der Waals surface area contributed by atoms with Crippen molar-refractivity contribution in [2.45, 2.75) is 71.6 Å². The zero-order valence-electron chi connectivity index (χ0n) is 22.2. The summed E-state index contributed by atoms with van der Waals surface area (Å²) in [5.41, 5.74) is 14.2. The van der Waals surface area contributed by atoms with Gasteiger partial charge >= 0.3 is 0 Å². The van der Waals surface area contributed by atoms with Gasteiger partial charge in [-0.25, -0.2) is 0 Å². The minimum Gasteiger partial charge on any atom is -0.0955 e. The fourth-order valence-electron chi connectivity index (χ4n) is 6.79. The summed E-state index contributed by atoms with van der Waals surface area (Å²) in [6, 6.07) is 18.4. The van der Waals surface area contributed by atoms with E-state index in [2.05, 4.69) is 102 Å². The molecule has 3 aliphatic rings. The largest absolute Gasteiger partial charge is 0.0955 e. The van der Waals surface area contributed by atoms with Gasteiger partial charge in [-0.2, -0.15) is 0 Å². The maximum atomic E-state index is 4.75. The molecule has 0 nitrogen and oxygen atoms in total. The molecule has 0 aliphatic heterocycles. The van der Waals surface area contributed by atoms with Crippen molar-refractivity contribution < 1.29 is 0 Å². The molecule has 0 amide bonds. The first-order valence-corrected chi connectivity index (χ1v) is 13.5. The van der Waals surface area contributed by atoms with E-state index in [-0.39, 0.29) is 0 Å². The highest BCUT2D eigenvalue weighted by Crippen LogP contribution is 2.55. The molecule has 5 rings (SSSR count). The van der Waals surface area contributed by atoms with E-state index in [1.165, 1.54) is 62.1 Å². The predicted molar refractivity (Wildman–Crippen MR) is 151 cm³/mol. The first-order chi connectivity index (χ1) is 16.8. The average molecular weight is 461 g/mol. The molecule has 0 N–H and O–H groups in total.